The molecule has 0 fully saturated rings. The van der Waals surface area contributed by atoms with Crippen molar-refractivity contribution in [3.63, 3.8) is 0 Å². The van der Waals surface area contributed by atoms with Crippen LogP contribution in [0.4, 0.5) is 28.2 Å². The Labute approximate surface area is 94.3 Å². The van der Waals surface area contributed by atoms with Crippen molar-refractivity contribution in [3.8, 4) is 0 Å². The SMILES string of the molecule is FC(F)(Br)c1ccc(S(F)(F)(F)(F)F)cc1. The van der Waals surface area contributed by atoms with E-state index in [1.54, 1.807) is 0 Å². The third-order valence-corrected chi connectivity index (χ3v) is 3.25. The number of halogens is 8. The quantitative estimate of drug-likeness (QED) is 0.475. The molecule has 0 aromatic heterocycles. The molecular weight excluding hydrogens is 329 g/mol. The highest BCUT2D eigenvalue weighted by Gasteiger charge is 2.65. The fourth-order valence-electron chi connectivity index (χ4n) is 0.901. The van der Waals surface area contributed by atoms with Gasteiger partial charge in [-0.3, -0.25) is 0 Å². The van der Waals surface area contributed by atoms with Crippen LogP contribution in [-0.4, -0.2) is 0 Å². The molecule has 1 rings (SSSR count). The van der Waals surface area contributed by atoms with Crippen molar-refractivity contribution >= 4 is 26.2 Å². The molecule has 1 aromatic carbocycles. The van der Waals surface area contributed by atoms with E-state index in [1.807, 2.05) is 15.9 Å². The summed E-state index contributed by atoms with van der Waals surface area (Å²) in [6, 6.07) is 0.460. The lowest BCUT2D eigenvalue weighted by atomic mass is 10.2. The number of alkyl halides is 3. The summed E-state index contributed by atoms with van der Waals surface area (Å²) in [6.07, 6.45) is 0. The first-order valence-corrected chi connectivity index (χ1v) is 6.36. The molecule has 0 radical (unpaired) electrons. The van der Waals surface area contributed by atoms with Crippen LogP contribution in [-0.2, 0) is 4.83 Å². The summed E-state index contributed by atoms with van der Waals surface area (Å²) in [5.41, 5.74) is -0.835. The topological polar surface area (TPSA) is 0 Å². The lowest BCUT2D eigenvalue weighted by Gasteiger charge is -2.40. The van der Waals surface area contributed by atoms with E-state index in [-0.39, 0.29) is 12.1 Å². The molecule has 0 N–H and O–H groups in total. The summed E-state index contributed by atoms with van der Waals surface area (Å²) in [5.74, 6) is 0. The van der Waals surface area contributed by atoms with Crippen LogP contribution >= 0.6 is 26.2 Å². The highest BCUT2D eigenvalue weighted by molar-refractivity contribution is 9.09. The largest absolute Gasteiger partial charge is 0.326 e. The van der Waals surface area contributed by atoms with Gasteiger partial charge >= 0.3 is 15.1 Å². The molecule has 0 bridgehead atoms. The van der Waals surface area contributed by atoms with Crippen molar-refractivity contribution in [2.24, 2.45) is 0 Å². The Balaban J connectivity index is 3.27. The van der Waals surface area contributed by atoms with E-state index in [0.717, 1.165) is 0 Å². The maximum Gasteiger partial charge on any atom is 0.326 e. The van der Waals surface area contributed by atoms with Gasteiger partial charge in [-0.25, -0.2) is 0 Å². The zero-order chi connectivity index (χ0) is 12.9. The Kier molecular flexibility index (Phi) is 2.44. The smallest absolute Gasteiger partial charge is 0.188 e. The molecule has 0 amide bonds. The molecule has 0 unspecified atom stereocenters. The van der Waals surface area contributed by atoms with Gasteiger partial charge in [0, 0.05) is 5.56 Å². The van der Waals surface area contributed by atoms with Crippen LogP contribution in [0.3, 0.4) is 0 Å². The number of benzene rings is 1. The third-order valence-electron chi connectivity index (χ3n) is 1.63. The normalized spacial score (nSPS) is 17.8. The minimum absolute atomic E-state index is 0.0634. The first kappa shape index (κ1) is 13.6. The molecule has 9 heteroatoms. The summed E-state index contributed by atoms with van der Waals surface area (Å²) < 4.78 is 85.9. The lowest BCUT2D eigenvalue weighted by molar-refractivity contribution is 0.114. The first-order chi connectivity index (χ1) is 6.70. The monoisotopic (exact) mass is 332 g/mol. The van der Waals surface area contributed by atoms with Crippen LogP contribution in [0.25, 0.3) is 0 Å². The van der Waals surface area contributed by atoms with Crippen LogP contribution in [0.2, 0.25) is 0 Å². The second-order valence-electron chi connectivity index (χ2n) is 2.99. The average Bonchev–Trinajstić information content (AvgIpc) is 1.99. The van der Waals surface area contributed by atoms with Crippen molar-refractivity contribution in [1.82, 2.24) is 0 Å². The molecule has 16 heavy (non-hydrogen) atoms. The predicted molar refractivity (Wildman–Crippen MR) is 50.7 cm³/mol. The maximum absolute atomic E-state index is 12.5. The van der Waals surface area contributed by atoms with Gasteiger partial charge in [0.2, 0.25) is 0 Å². The summed E-state index contributed by atoms with van der Waals surface area (Å²) in [5, 5.41) is 0. The van der Waals surface area contributed by atoms with E-state index < -0.39 is 25.5 Å². The van der Waals surface area contributed by atoms with Crippen LogP contribution in [0.5, 0.6) is 0 Å². The van der Waals surface area contributed by atoms with Crippen molar-refractivity contribution in [2.75, 3.05) is 0 Å². The summed E-state index contributed by atoms with van der Waals surface area (Å²) in [7, 11) is -9.78. The van der Waals surface area contributed by atoms with Gasteiger partial charge in [-0.05, 0) is 28.1 Å². The van der Waals surface area contributed by atoms with Gasteiger partial charge in [-0.1, -0.05) is 31.6 Å². The van der Waals surface area contributed by atoms with E-state index in [0.29, 0.717) is 12.1 Å². The van der Waals surface area contributed by atoms with Crippen molar-refractivity contribution in [2.45, 2.75) is 9.73 Å². The van der Waals surface area contributed by atoms with Crippen LogP contribution in [0.15, 0.2) is 29.2 Å². The Hall–Kier alpha value is -0.440. The van der Waals surface area contributed by atoms with E-state index in [4.69, 9.17) is 0 Å². The van der Waals surface area contributed by atoms with Crippen LogP contribution in [0.1, 0.15) is 5.56 Å². The first-order valence-electron chi connectivity index (χ1n) is 3.61. The zero-order valence-electron chi connectivity index (χ0n) is 7.24. The molecule has 0 saturated carbocycles. The van der Waals surface area contributed by atoms with E-state index in [1.165, 1.54) is 0 Å². The fourth-order valence-corrected chi connectivity index (χ4v) is 1.82. The molecule has 0 heterocycles. The Bertz CT molecular complexity index is 400. The van der Waals surface area contributed by atoms with Crippen molar-refractivity contribution in [1.29, 1.82) is 0 Å². The van der Waals surface area contributed by atoms with Gasteiger partial charge in [0.15, 0.2) is 0 Å². The molecule has 0 saturated heterocycles. The average molecular weight is 333 g/mol. The Morgan fingerprint density at radius 3 is 1.50 bits per heavy atom. The van der Waals surface area contributed by atoms with Crippen molar-refractivity contribution in [3.05, 3.63) is 29.8 Å². The van der Waals surface area contributed by atoms with Crippen LogP contribution in [0, 0.1) is 0 Å². The summed E-state index contributed by atoms with van der Waals surface area (Å²) in [4.78, 5) is -5.75. The fraction of sp³-hybridized carbons (Fsp3) is 0.143. The van der Waals surface area contributed by atoms with E-state index in [2.05, 4.69) is 0 Å². The Morgan fingerprint density at radius 1 is 0.875 bits per heavy atom. The summed E-state index contributed by atoms with van der Waals surface area (Å²) >= 11 is 1.90. The maximum atomic E-state index is 12.5. The number of rotatable bonds is 2. The minimum atomic E-state index is -9.78. The highest BCUT2D eigenvalue weighted by atomic mass is 79.9. The second-order valence-corrected chi connectivity index (χ2v) is 6.40. The number of hydrogen-bond acceptors (Lipinski definition) is 0. The minimum Gasteiger partial charge on any atom is -0.188 e. The highest BCUT2D eigenvalue weighted by Crippen LogP contribution is 3.02. The number of hydrogen-bond donors (Lipinski definition) is 0. The van der Waals surface area contributed by atoms with Gasteiger partial charge in [0.1, 0.15) is 4.90 Å². The molecule has 0 aliphatic carbocycles. The standard InChI is InChI=1S/C7H4BrF7S/c8-7(9,10)5-1-3-6(4-2-5)16(11,12,13,14)15/h1-4H. The van der Waals surface area contributed by atoms with Gasteiger partial charge < -0.3 is 0 Å². The van der Waals surface area contributed by atoms with Crippen LogP contribution < -0.4 is 0 Å². The van der Waals surface area contributed by atoms with Gasteiger partial charge in [0.25, 0.3) is 0 Å². The van der Waals surface area contributed by atoms with Gasteiger partial charge in [-0.2, -0.15) is 8.78 Å². The molecule has 0 aliphatic heterocycles. The predicted octanol–water partition coefficient (Wildman–Crippen LogP) is 5.79. The van der Waals surface area contributed by atoms with Crippen molar-refractivity contribution < 1.29 is 28.2 Å². The lowest BCUT2D eigenvalue weighted by Crippen LogP contribution is -2.07. The summed E-state index contributed by atoms with van der Waals surface area (Å²) in [6.45, 7) is 0. The van der Waals surface area contributed by atoms with Gasteiger partial charge in [0.05, 0.1) is 0 Å². The second kappa shape index (κ2) is 2.87. The molecule has 94 valence electrons. The molecule has 0 nitrogen and oxygen atoms in total. The van der Waals surface area contributed by atoms with E-state index in [9.17, 15) is 28.2 Å². The molecule has 0 aliphatic rings. The van der Waals surface area contributed by atoms with E-state index >= 15 is 0 Å². The Morgan fingerprint density at radius 2 is 1.25 bits per heavy atom. The molecular formula is C7H4BrF7S. The third kappa shape index (κ3) is 3.27. The van der Waals surface area contributed by atoms with Gasteiger partial charge in [-0.15, -0.1) is 0 Å². The molecule has 0 spiro atoms. The molecule has 0 atom stereocenters. The zero-order valence-corrected chi connectivity index (χ0v) is 9.64. The molecule has 1 aromatic rings.